The van der Waals surface area contributed by atoms with E-state index in [-0.39, 0.29) is 5.91 Å². The number of thiophene rings is 1. The Morgan fingerprint density at radius 2 is 2.10 bits per heavy atom. The Kier molecular flexibility index (Phi) is 5.14. The Morgan fingerprint density at radius 3 is 2.62 bits per heavy atom. The van der Waals surface area contributed by atoms with E-state index in [0.717, 1.165) is 11.4 Å². The standard InChI is InChI=1S/C15H21N3O2S/c1-11-14(20-12(2)16-11)15(19)18(8-7-17(3)4)10-13-6-5-9-21-13/h5-6,9H,7-8,10H2,1-4H3. The number of hydrogen-bond acceptors (Lipinski definition) is 5. The molecule has 0 bridgehead atoms. The number of oxazole rings is 1. The summed E-state index contributed by atoms with van der Waals surface area (Å²) in [6, 6.07) is 4.04. The minimum absolute atomic E-state index is 0.0941. The molecule has 5 nitrogen and oxygen atoms in total. The Balaban J connectivity index is 2.17. The summed E-state index contributed by atoms with van der Waals surface area (Å²) >= 11 is 1.65. The molecule has 2 rings (SSSR count). The van der Waals surface area contributed by atoms with Gasteiger partial charge >= 0.3 is 0 Å². The van der Waals surface area contributed by atoms with E-state index in [0.29, 0.717) is 30.4 Å². The third-order valence-corrected chi connectivity index (χ3v) is 3.99. The summed E-state index contributed by atoms with van der Waals surface area (Å²) in [5, 5.41) is 2.02. The van der Waals surface area contributed by atoms with Gasteiger partial charge in [0.05, 0.1) is 12.2 Å². The Hall–Kier alpha value is -1.66. The molecule has 0 fully saturated rings. The molecule has 2 aromatic heterocycles. The van der Waals surface area contributed by atoms with E-state index in [9.17, 15) is 4.79 Å². The second kappa shape index (κ2) is 6.87. The molecular formula is C15H21N3O2S. The highest BCUT2D eigenvalue weighted by molar-refractivity contribution is 7.09. The van der Waals surface area contributed by atoms with E-state index >= 15 is 0 Å². The molecule has 0 aliphatic heterocycles. The first-order valence-corrected chi connectivity index (χ1v) is 7.75. The van der Waals surface area contributed by atoms with E-state index < -0.39 is 0 Å². The van der Waals surface area contributed by atoms with Crippen molar-refractivity contribution in [2.24, 2.45) is 0 Å². The van der Waals surface area contributed by atoms with Gasteiger partial charge in [-0.3, -0.25) is 4.79 Å². The van der Waals surface area contributed by atoms with Gasteiger partial charge in [-0.05, 0) is 32.5 Å². The molecule has 0 atom stereocenters. The third-order valence-electron chi connectivity index (χ3n) is 3.13. The molecule has 0 aromatic carbocycles. The average Bonchev–Trinajstić information content (AvgIpc) is 3.03. The summed E-state index contributed by atoms with van der Waals surface area (Å²) in [4.78, 5) is 21.9. The normalized spacial score (nSPS) is 11.1. The maximum absolute atomic E-state index is 12.7. The summed E-state index contributed by atoms with van der Waals surface area (Å²) in [5.74, 6) is 0.783. The first-order chi connectivity index (χ1) is 9.97. The smallest absolute Gasteiger partial charge is 0.291 e. The predicted octanol–water partition coefficient (Wildman–Crippen LogP) is 2.56. The fourth-order valence-corrected chi connectivity index (χ4v) is 2.76. The van der Waals surface area contributed by atoms with Crippen LogP contribution >= 0.6 is 11.3 Å². The van der Waals surface area contributed by atoms with Crippen LogP contribution in [0, 0.1) is 13.8 Å². The van der Waals surface area contributed by atoms with Gasteiger partial charge in [0.2, 0.25) is 5.76 Å². The summed E-state index contributed by atoms with van der Waals surface area (Å²) in [5.41, 5.74) is 0.651. The van der Waals surface area contributed by atoms with E-state index in [1.807, 2.05) is 36.5 Å². The maximum Gasteiger partial charge on any atom is 0.291 e. The molecule has 2 aromatic rings. The Labute approximate surface area is 129 Å². The van der Waals surface area contributed by atoms with Crippen LogP contribution in [0.4, 0.5) is 0 Å². The van der Waals surface area contributed by atoms with Crippen LogP contribution in [-0.2, 0) is 6.54 Å². The van der Waals surface area contributed by atoms with Crippen LogP contribution in [0.2, 0.25) is 0 Å². The van der Waals surface area contributed by atoms with Gasteiger partial charge in [0.1, 0.15) is 0 Å². The zero-order chi connectivity index (χ0) is 15.4. The van der Waals surface area contributed by atoms with Crippen molar-refractivity contribution in [1.29, 1.82) is 0 Å². The molecule has 6 heteroatoms. The van der Waals surface area contributed by atoms with Crippen LogP contribution in [-0.4, -0.2) is 47.9 Å². The molecule has 0 saturated carbocycles. The topological polar surface area (TPSA) is 49.6 Å². The molecule has 0 radical (unpaired) electrons. The zero-order valence-electron chi connectivity index (χ0n) is 12.9. The average molecular weight is 307 g/mol. The van der Waals surface area contributed by atoms with Gasteiger partial charge in [0, 0.05) is 24.9 Å². The second-order valence-electron chi connectivity index (χ2n) is 5.26. The first-order valence-electron chi connectivity index (χ1n) is 6.88. The molecule has 0 aliphatic carbocycles. The Morgan fingerprint density at radius 1 is 1.33 bits per heavy atom. The lowest BCUT2D eigenvalue weighted by atomic mass is 10.3. The van der Waals surface area contributed by atoms with Crippen molar-refractivity contribution >= 4 is 17.2 Å². The second-order valence-corrected chi connectivity index (χ2v) is 6.29. The van der Waals surface area contributed by atoms with Gasteiger partial charge in [-0.25, -0.2) is 4.98 Å². The van der Waals surface area contributed by atoms with Crippen molar-refractivity contribution in [1.82, 2.24) is 14.8 Å². The highest BCUT2D eigenvalue weighted by atomic mass is 32.1. The van der Waals surface area contributed by atoms with Gasteiger partial charge in [-0.2, -0.15) is 0 Å². The summed E-state index contributed by atoms with van der Waals surface area (Å²) in [6.45, 7) is 5.63. The van der Waals surface area contributed by atoms with Crippen molar-refractivity contribution in [2.45, 2.75) is 20.4 Å². The molecule has 0 unspecified atom stereocenters. The lowest BCUT2D eigenvalue weighted by Crippen LogP contribution is -2.36. The van der Waals surface area contributed by atoms with Crippen molar-refractivity contribution < 1.29 is 9.21 Å². The van der Waals surface area contributed by atoms with E-state index in [2.05, 4.69) is 9.88 Å². The monoisotopic (exact) mass is 307 g/mol. The number of carbonyl (C=O) groups excluding carboxylic acids is 1. The number of hydrogen-bond donors (Lipinski definition) is 0. The fraction of sp³-hybridized carbons (Fsp3) is 0.467. The van der Waals surface area contributed by atoms with Gasteiger partial charge in [-0.15, -0.1) is 11.3 Å². The number of aryl methyl sites for hydroxylation is 2. The minimum atomic E-state index is -0.0941. The molecule has 114 valence electrons. The first kappa shape index (κ1) is 15.7. The Bertz CT molecular complexity index is 590. The lowest BCUT2D eigenvalue weighted by molar-refractivity contribution is 0.0699. The summed E-state index contributed by atoms with van der Waals surface area (Å²) < 4.78 is 5.47. The molecule has 0 N–H and O–H groups in total. The summed E-state index contributed by atoms with van der Waals surface area (Å²) in [7, 11) is 4.00. The van der Waals surface area contributed by atoms with Crippen LogP contribution in [0.1, 0.15) is 27.0 Å². The van der Waals surface area contributed by atoms with Crippen LogP contribution < -0.4 is 0 Å². The van der Waals surface area contributed by atoms with Crippen molar-refractivity contribution in [3.8, 4) is 0 Å². The van der Waals surface area contributed by atoms with Crippen LogP contribution in [0.3, 0.4) is 0 Å². The van der Waals surface area contributed by atoms with Crippen molar-refractivity contribution in [2.75, 3.05) is 27.2 Å². The number of amides is 1. The SMILES string of the molecule is Cc1nc(C)c(C(=O)N(CCN(C)C)Cc2cccs2)o1. The van der Waals surface area contributed by atoms with Gasteiger partial charge in [0.25, 0.3) is 5.91 Å². The minimum Gasteiger partial charge on any atom is -0.436 e. The molecule has 0 aliphatic rings. The largest absolute Gasteiger partial charge is 0.436 e. The molecule has 0 saturated heterocycles. The van der Waals surface area contributed by atoms with Crippen LogP contribution in [0.25, 0.3) is 0 Å². The zero-order valence-corrected chi connectivity index (χ0v) is 13.7. The molecule has 1 amide bonds. The maximum atomic E-state index is 12.7. The van der Waals surface area contributed by atoms with Crippen LogP contribution in [0.15, 0.2) is 21.9 Å². The molecule has 0 spiro atoms. The van der Waals surface area contributed by atoms with Gasteiger partial charge < -0.3 is 14.2 Å². The van der Waals surface area contributed by atoms with E-state index in [1.165, 1.54) is 0 Å². The van der Waals surface area contributed by atoms with Gasteiger partial charge in [0.15, 0.2) is 5.89 Å². The lowest BCUT2D eigenvalue weighted by Gasteiger charge is -2.23. The van der Waals surface area contributed by atoms with Crippen LogP contribution in [0.5, 0.6) is 0 Å². The van der Waals surface area contributed by atoms with Gasteiger partial charge in [-0.1, -0.05) is 6.07 Å². The van der Waals surface area contributed by atoms with Crippen molar-refractivity contribution in [3.63, 3.8) is 0 Å². The molecule has 21 heavy (non-hydrogen) atoms. The highest BCUT2D eigenvalue weighted by Crippen LogP contribution is 2.17. The molecular weight excluding hydrogens is 286 g/mol. The highest BCUT2D eigenvalue weighted by Gasteiger charge is 2.23. The third kappa shape index (κ3) is 4.15. The fourth-order valence-electron chi connectivity index (χ4n) is 2.04. The number of aromatic nitrogens is 1. The quantitative estimate of drug-likeness (QED) is 0.823. The predicted molar refractivity (Wildman–Crippen MR) is 83.6 cm³/mol. The number of carbonyl (C=O) groups is 1. The molecule has 2 heterocycles. The summed E-state index contributed by atoms with van der Waals surface area (Å²) in [6.07, 6.45) is 0. The van der Waals surface area contributed by atoms with E-state index in [1.54, 1.807) is 25.2 Å². The van der Waals surface area contributed by atoms with E-state index in [4.69, 9.17) is 4.42 Å². The number of likely N-dealkylation sites (N-methyl/N-ethyl adjacent to an activating group) is 1. The number of nitrogens with zero attached hydrogens (tertiary/aromatic N) is 3. The number of rotatable bonds is 6. The van der Waals surface area contributed by atoms with Crippen molar-refractivity contribution in [3.05, 3.63) is 39.7 Å².